The molecule has 1 amide bonds. The summed E-state index contributed by atoms with van der Waals surface area (Å²) in [6.45, 7) is 4.96. The fourth-order valence-electron chi connectivity index (χ4n) is 10.2. The van der Waals surface area contributed by atoms with Gasteiger partial charge in [-0.3, -0.25) is 9.59 Å². The maximum atomic E-state index is 12.5. The van der Waals surface area contributed by atoms with Crippen LogP contribution in [-0.2, 0) is 14.3 Å². The van der Waals surface area contributed by atoms with Crippen molar-refractivity contribution in [1.82, 2.24) is 5.32 Å². The number of aliphatic hydroxyl groups excluding tert-OH is 2. The second-order valence-corrected chi connectivity index (χ2v) is 22.4. The van der Waals surface area contributed by atoms with E-state index in [0.29, 0.717) is 25.9 Å². The quantitative estimate of drug-likeness (QED) is 0.0320. The zero-order chi connectivity index (χ0) is 52.2. The zero-order valence-electron chi connectivity index (χ0n) is 48.7. The highest BCUT2D eigenvalue weighted by Gasteiger charge is 2.20. The Morgan fingerprint density at radius 3 is 0.986 bits per heavy atom. The number of carbonyl (C=O) groups excluding carboxylic acids is 2. The Labute approximate surface area is 450 Å². The first-order valence-electron chi connectivity index (χ1n) is 32.6. The number of carbonyl (C=O) groups is 2. The molecule has 0 fully saturated rings. The molecule has 6 nitrogen and oxygen atoms in total. The van der Waals surface area contributed by atoms with Gasteiger partial charge in [0.05, 0.1) is 25.4 Å². The van der Waals surface area contributed by atoms with Gasteiger partial charge in [0, 0.05) is 12.8 Å². The maximum Gasteiger partial charge on any atom is 0.305 e. The van der Waals surface area contributed by atoms with Crippen LogP contribution < -0.4 is 5.32 Å². The number of nitrogens with one attached hydrogen (secondary N) is 1. The van der Waals surface area contributed by atoms with Gasteiger partial charge in [0.25, 0.3) is 0 Å². The van der Waals surface area contributed by atoms with E-state index in [1.165, 1.54) is 283 Å². The van der Waals surface area contributed by atoms with Crippen LogP contribution in [0.15, 0.2) is 24.3 Å². The molecule has 0 aliphatic carbocycles. The van der Waals surface area contributed by atoms with E-state index in [-0.39, 0.29) is 18.5 Å². The minimum absolute atomic E-state index is 0.0116. The molecule has 3 N–H and O–H groups in total. The molecule has 0 saturated carbocycles. The molecule has 0 aromatic carbocycles. The van der Waals surface area contributed by atoms with Gasteiger partial charge >= 0.3 is 5.97 Å². The molecule has 0 aromatic heterocycles. The molecule has 0 aliphatic heterocycles. The summed E-state index contributed by atoms with van der Waals surface area (Å²) in [5.74, 6) is -0.0284. The van der Waals surface area contributed by atoms with E-state index in [2.05, 4.69) is 43.5 Å². The lowest BCUT2D eigenvalue weighted by Gasteiger charge is -2.22. The van der Waals surface area contributed by atoms with E-state index >= 15 is 0 Å². The van der Waals surface area contributed by atoms with E-state index in [0.717, 1.165) is 44.9 Å². The Bertz CT molecular complexity index is 1120. The second-order valence-electron chi connectivity index (χ2n) is 22.4. The number of amides is 1. The number of esters is 1. The molecule has 0 radical (unpaired) electrons. The summed E-state index contributed by atoms with van der Waals surface area (Å²) in [6.07, 6.45) is 76.3. The monoisotopic (exact) mass is 1010 g/mol. The highest BCUT2D eigenvalue weighted by atomic mass is 16.5. The molecule has 0 bridgehead atoms. The van der Waals surface area contributed by atoms with Crippen LogP contribution in [0.4, 0.5) is 0 Å². The standard InChI is InChI=1S/C66H127NO5/c1-3-5-7-9-11-13-15-17-18-19-25-29-32-36-40-44-48-52-56-60-66(71)72-61-57-53-49-45-41-37-33-30-27-24-22-20-21-23-26-28-31-35-39-43-47-51-55-59-65(70)67-63(62-68)64(69)58-54-50-46-42-38-34-16-14-12-10-8-6-4-2/h17-18,23,26,63-64,68-69H,3-16,19-22,24-25,27-62H2,1-2H3,(H,67,70)/b18-17-,26-23-. The molecule has 426 valence electrons. The minimum atomic E-state index is -0.667. The van der Waals surface area contributed by atoms with E-state index in [1.54, 1.807) is 0 Å². The number of hydrogen-bond donors (Lipinski definition) is 3. The molecule has 2 unspecified atom stereocenters. The average molecular weight is 1010 g/mol. The van der Waals surface area contributed by atoms with Crippen molar-refractivity contribution in [3.05, 3.63) is 24.3 Å². The van der Waals surface area contributed by atoms with Crippen molar-refractivity contribution in [2.24, 2.45) is 0 Å². The van der Waals surface area contributed by atoms with Crippen LogP contribution in [0.1, 0.15) is 361 Å². The summed E-state index contributed by atoms with van der Waals surface area (Å²) in [5.41, 5.74) is 0. The summed E-state index contributed by atoms with van der Waals surface area (Å²) < 4.78 is 5.50. The zero-order valence-corrected chi connectivity index (χ0v) is 48.7. The predicted octanol–water partition coefficient (Wildman–Crippen LogP) is 20.6. The van der Waals surface area contributed by atoms with Gasteiger partial charge in [-0.2, -0.15) is 0 Å². The fourth-order valence-corrected chi connectivity index (χ4v) is 10.2. The van der Waals surface area contributed by atoms with Crippen LogP contribution in [-0.4, -0.2) is 47.4 Å². The Morgan fingerprint density at radius 2 is 0.653 bits per heavy atom. The van der Waals surface area contributed by atoms with Crippen LogP contribution in [0, 0.1) is 0 Å². The van der Waals surface area contributed by atoms with Crippen molar-refractivity contribution < 1.29 is 24.5 Å². The van der Waals surface area contributed by atoms with Crippen LogP contribution in [0.25, 0.3) is 0 Å². The van der Waals surface area contributed by atoms with E-state index in [9.17, 15) is 19.8 Å². The van der Waals surface area contributed by atoms with Crippen molar-refractivity contribution in [3.8, 4) is 0 Å². The van der Waals surface area contributed by atoms with Crippen LogP contribution in [0.2, 0.25) is 0 Å². The van der Waals surface area contributed by atoms with Crippen LogP contribution >= 0.6 is 0 Å². The smallest absolute Gasteiger partial charge is 0.305 e. The van der Waals surface area contributed by atoms with Gasteiger partial charge in [-0.1, -0.05) is 295 Å². The van der Waals surface area contributed by atoms with Gasteiger partial charge in [-0.15, -0.1) is 0 Å². The van der Waals surface area contributed by atoms with Gasteiger partial charge in [0.2, 0.25) is 5.91 Å². The first-order chi connectivity index (χ1) is 35.5. The maximum absolute atomic E-state index is 12.5. The van der Waals surface area contributed by atoms with E-state index < -0.39 is 12.1 Å². The van der Waals surface area contributed by atoms with Crippen LogP contribution in [0.5, 0.6) is 0 Å². The number of ether oxygens (including phenoxy) is 1. The third-order valence-electron chi connectivity index (χ3n) is 15.2. The number of aliphatic hydroxyl groups is 2. The molecule has 0 spiro atoms. The Balaban J connectivity index is 3.38. The minimum Gasteiger partial charge on any atom is -0.466 e. The lowest BCUT2D eigenvalue weighted by atomic mass is 10.0. The lowest BCUT2D eigenvalue weighted by Crippen LogP contribution is -2.45. The van der Waals surface area contributed by atoms with Gasteiger partial charge in [-0.05, 0) is 77.0 Å². The number of unbranched alkanes of at least 4 members (excludes halogenated alkanes) is 46. The van der Waals surface area contributed by atoms with E-state index in [4.69, 9.17) is 4.74 Å². The number of allylic oxidation sites excluding steroid dienone is 4. The molecule has 0 heterocycles. The lowest BCUT2D eigenvalue weighted by molar-refractivity contribution is -0.143. The Hall–Kier alpha value is -1.66. The number of rotatable bonds is 61. The van der Waals surface area contributed by atoms with Crippen molar-refractivity contribution in [2.45, 2.75) is 373 Å². The van der Waals surface area contributed by atoms with Gasteiger partial charge in [0.15, 0.2) is 0 Å². The molecule has 0 aliphatic rings. The Kier molecular flexibility index (Phi) is 60.5. The second kappa shape index (κ2) is 61.9. The van der Waals surface area contributed by atoms with Gasteiger partial charge < -0.3 is 20.3 Å². The highest BCUT2D eigenvalue weighted by Crippen LogP contribution is 2.18. The molecule has 2 atom stereocenters. The first-order valence-corrected chi connectivity index (χ1v) is 32.6. The third kappa shape index (κ3) is 57.6. The average Bonchev–Trinajstić information content (AvgIpc) is 3.38. The number of hydrogen-bond acceptors (Lipinski definition) is 5. The van der Waals surface area contributed by atoms with Crippen molar-refractivity contribution in [1.29, 1.82) is 0 Å². The molecular weight excluding hydrogens is 887 g/mol. The summed E-state index contributed by atoms with van der Waals surface area (Å²) in [7, 11) is 0. The van der Waals surface area contributed by atoms with Gasteiger partial charge in [-0.25, -0.2) is 0 Å². The summed E-state index contributed by atoms with van der Waals surface area (Å²) in [4.78, 5) is 24.6. The fraction of sp³-hybridized carbons (Fsp3) is 0.909. The van der Waals surface area contributed by atoms with Crippen molar-refractivity contribution in [3.63, 3.8) is 0 Å². The Morgan fingerprint density at radius 1 is 0.375 bits per heavy atom. The van der Waals surface area contributed by atoms with Crippen LogP contribution in [0.3, 0.4) is 0 Å². The van der Waals surface area contributed by atoms with Gasteiger partial charge in [0.1, 0.15) is 0 Å². The largest absolute Gasteiger partial charge is 0.466 e. The molecule has 0 rings (SSSR count). The highest BCUT2D eigenvalue weighted by molar-refractivity contribution is 5.76. The molecule has 0 aromatic rings. The molecular formula is C66H127NO5. The van der Waals surface area contributed by atoms with E-state index in [1.807, 2.05) is 0 Å². The molecule has 0 saturated heterocycles. The van der Waals surface area contributed by atoms with Crippen molar-refractivity contribution in [2.75, 3.05) is 13.2 Å². The summed E-state index contributed by atoms with van der Waals surface area (Å²) in [6, 6.07) is -0.545. The summed E-state index contributed by atoms with van der Waals surface area (Å²) >= 11 is 0. The SMILES string of the molecule is CCCCCCCC/C=C\CCCCCCCCCCCC(=O)OCCCCCCCCCCCCCC/C=C\CCCCCCCCCC(=O)NC(CO)C(O)CCCCCCCCCCCCCCC. The molecule has 6 heteroatoms. The summed E-state index contributed by atoms with van der Waals surface area (Å²) in [5, 5.41) is 23.3. The van der Waals surface area contributed by atoms with Crippen molar-refractivity contribution >= 4 is 11.9 Å². The first kappa shape index (κ1) is 70.3. The third-order valence-corrected chi connectivity index (χ3v) is 15.2. The normalized spacial score (nSPS) is 12.7. The molecule has 72 heavy (non-hydrogen) atoms. The topological polar surface area (TPSA) is 95.9 Å². The predicted molar refractivity (Wildman–Crippen MR) is 315 cm³/mol.